The fraction of sp³-hybridized carbons (Fsp3) is 0.913. The van der Waals surface area contributed by atoms with Gasteiger partial charge in [0.05, 0.1) is 35.1 Å². The van der Waals surface area contributed by atoms with Crippen molar-refractivity contribution in [2.24, 2.45) is 63.6 Å². The Bertz CT molecular complexity index is 1390. The van der Waals surface area contributed by atoms with Crippen LogP contribution in [-0.4, -0.2) is 59.5 Å². The molecule has 9 rings (SSSR count). The Morgan fingerprint density at radius 1 is 0.709 bits per heavy atom. The van der Waals surface area contributed by atoms with Crippen LogP contribution in [0.15, 0.2) is 0 Å². The van der Waals surface area contributed by atoms with E-state index in [2.05, 4.69) is 6.92 Å². The second-order valence-electron chi connectivity index (χ2n) is 21.1. The zero-order valence-electron chi connectivity index (χ0n) is 35.0. The van der Waals surface area contributed by atoms with Crippen LogP contribution in [0.1, 0.15) is 170 Å². The molecular formula is C46H72O9. The minimum atomic E-state index is -1.06. The molecule has 0 aromatic carbocycles. The molecule has 8 saturated carbocycles. The van der Waals surface area contributed by atoms with Gasteiger partial charge < -0.3 is 24.1 Å². The third-order valence-electron chi connectivity index (χ3n) is 17.1. The summed E-state index contributed by atoms with van der Waals surface area (Å²) in [6, 6.07) is 0. The van der Waals surface area contributed by atoms with Gasteiger partial charge in [-0.15, -0.1) is 0 Å². The predicted octanol–water partition coefficient (Wildman–Crippen LogP) is 8.90. The highest BCUT2D eigenvalue weighted by atomic mass is 16.6. The molecule has 8 aliphatic carbocycles. The van der Waals surface area contributed by atoms with Gasteiger partial charge in [0.2, 0.25) is 6.10 Å². The number of ether oxygens (including phenoxy) is 4. The van der Waals surface area contributed by atoms with Crippen molar-refractivity contribution in [2.75, 3.05) is 13.2 Å². The molecule has 9 nitrogen and oxygen atoms in total. The van der Waals surface area contributed by atoms with Gasteiger partial charge in [-0.3, -0.25) is 14.4 Å². The van der Waals surface area contributed by atoms with Gasteiger partial charge in [-0.2, -0.15) is 0 Å². The van der Waals surface area contributed by atoms with E-state index in [4.69, 9.17) is 18.9 Å². The second kappa shape index (κ2) is 15.5. The fourth-order valence-corrected chi connectivity index (χ4v) is 13.2. The molecule has 0 amide bonds. The molecule has 8 bridgehead atoms. The average Bonchev–Trinajstić information content (AvgIpc) is 3.56. The summed E-state index contributed by atoms with van der Waals surface area (Å²) in [7, 11) is 0. The Kier molecular flexibility index (Phi) is 11.6. The lowest BCUT2D eigenvalue weighted by atomic mass is 9.49. The molecule has 1 N–H and O–H groups in total. The predicted molar refractivity (Wildman–Crippen MR) is 207 cm³/mol. The Balaban J connectivity index is 0.950. The van der Waals surface area contributed by atoms with E-state index in [1.807, 2.05) is 34.6 Å². The minimum absolute atomic E-state index is 0.168. The van der Waals surface area contributed by atoms with Gasteiger partial charge in [0.25, 0.3) is 0 Å². The first-order chi connectivity index (χ1) is 26.0. The summed E-state index contributed by atoms with van der Waals surface area (Å²) in [5.41, 5.74) is -3.68. The first kappa shape index (κ1) is 41.0. The summed E-state index contributed by atoms with van der Waals surface area (Å²) in [6.07, 6.45) is 16.6. The van der Waals surface area contributed by atoms with E-state index >= 15 is 0 Å². The molecule has 0 spiro atoms. The molecule has 3 unspecified atom stereocenters. The standard InChI is InChI=1S/C46H72O9/c1-7-43(5,41(50)55-46(8-2)35-25-31-20-32(27-35)28-36(46)26-31)15-16-44(6,40(49)54-37-11-18-52-38(37)47)14-13-42(3,4)39(48)53-17-10-9-12-45(51)33-21-29-19-30(23-33)24-34(45)22-29/h29-37,51H,7-28H2,1-6H3. The zero-order chi connectivity index (χ0) is 39.4. The maximum atomic E-state index is 14.3. The van der Waals surface area contributed by atoms with Gasteiger partial charge in [-0.05, 0) is 197 Å². The molecule has 0 aromatic rings. The highest BCUT2D eigenvalue weighted by molar-refractivity contribution is 5.83. The lowest BCUT2D eigenvalue weighted by molar-refractivity contribution is -0.219. The Hall–Kier alpha value is -2.16. The molecule has 0 aromatic heterocycles. The van der Waals surface area contributed by atoms with E-state index in [9.17, 15) is 24.3 Å². The van der Waals surface area contributed by atoms with Crippen LogP contribution in [0.25, 0.3) is 0 Å². The van der Waals surface area contributed by atoms with E-state index in [0.717, 1.165) is 68.6 Å². The Morgan fingerprint density at radius 2 is 1.24 bits per heavy atom. The summed E-state index contributed by atoms with van der Waals surface area (Å²) >= 11 is 0. The number of esters is 4. The minimum Gasteiger partial charge on any atom is -0.465 e. The van der Waals surface area contributed by atoms with Crippen molar-refractivity contribution in [2.45, 2.75) is 187 Å². The zero-order valence-corrected chi connectivity index (χ0v) is 35.0. The molecule has 9 fully saturated rings. The number of hydrogen-bond donors (Lipinski definition) is 1. The highest BCUT2D eigenvalue weighted by Gasteiger charge is 2.60. The number of rotatable bonds is 18. The Labute approximate surface area is 330 Å². The topological polar surface area (TPSA) is 125 Å². The molecule has 1 aliphatic heterocycles. The number of unbranched alkanes of at least 4 members (excludes halogenated alkanes) is 1. The van der Waals surface area contributed by atoms with E-state index in [0.29, 0.717) is 75.2 Å². The van der Waals surface area contributed by atoms with Crippen LogP contribution in [0.3, 0.4) is 0 Å². The summed E-state index contributed by atoms with van der Waals surface area (Å²) in [5.74, 6) is 3.39. The monoisotopic (exact) mass is 769 g/mol. The van der Waals surface area contributed by atoms with Gasteiger partial charge in [0.1, 0.15) is 5.60 Å². The molecule has 0 radical (unpaired) electrons. The number of aliphatic hydroxyl groups is 1. The average molecular weight is 769 g/mol. The van der Waals surface area contributed by atoms with E-state index in [1.54, 1.807) is 0 Å². The van der Waals surface area contributed by atoms with Crippen molar-refractivity contribution in [1.82, 2.24) is 0 Å². The fourth-order valence-electron chi connectivity index (χ4n) is 13.2. The van der Waals surface area contributed by atoms with E-state index in [-0.39, 0.29) is 18.5 Å². The summed E-state index contributed by atoms with van der Waals surface area (Å²) in [4.78, 5) is 54.2. The Morgan fingerprint density at radius 3 is 1.75 bits per heavy atom. The van der Waals surface area contributed by atoms with Crippen molar-refractivity contribution in [3.63, 3.8) is 0 Å². The summed E-state index contributed by atoms with van der Waals surface area (Å²) < 4.78 is 23.5. The normalized spacial score (nSPS) is 39.3. The highest BCUT2D eigenvalue weighted by Crippen LogP contribution is 2.62. The number of carbonyl (C=O) groups is 4. The van der Waals surface area contributed by atoms with Gasteiger partial charge in [-0.25, -0.2) is 4.79 Å². The molecule has 9 aliphatic rings. The smallest absolute Gasteiger partial charge is 0.347 e. The van der Waals surface area contributed by atoms with Crippen molar-refractivity contribution in [1.29, 1.82) is 0 Å². The maximum absolute atomic E-state index is 14.3. The molecular weight excluding hydrogens is 696 g/mol. The number of cyclic esters (lactones) is 1. The van der Waals surface area contributed by atoms with Gasteiger partial charge in [0.15, 0.2) is 0 Å². The molecule has 3 atom stereocenters. The third kappa shape index (κ3) is 7.88. The van der Waals surface area contributed by atoms with E-state index < -0.39 is 45.5 Å². The first-order valence-electron chi connectivity index (χ1n) is 22.5. The summed E-state index contributed by atoms with van der Waals surface area (Å²) in [5, 5.41) is 11.7. The maximum Gasteiger partial charge on any atom is 0.347 e. The quantitative estimate of drug-likeness (QED) is 0.0827. The first-order valence-corrected chi connectivity index (χ1v) is 22.5. The molecule has 310 valence electrons. The van der Waals surface area contributed by atoms with Gasteiger partial charge in [0, 0.05) is 6.42 Å². The molecule has 1 saturated heterocycles. The van der Waals surface area contributed by atoms with Gasteiger partial charge in [-0.1, -0.05) is 13.8 Å². The number of hydrogen-bond acceptors (Lipinski definition) is 9. The van der Waals surface area contributed by atoms with Crippen LogP contribution >= 0.6 is 0 Å². The van der Waals surface area contributed by atoms with Crippen molar-refractivity contribution < 1.29 is 43.2 Å². The second-order valence-corrected chi connectivity index (χ2v) is 21.1. The molecule has 55 heavy (non-hydrogen) atoms. The van der Waals surface area contributed by atoms with Crippen molar-refractivity contribution >= 4 is 23.9 Å². The van der Waals surface area contributed by atoms with Crippen LogP contribution in [0.4, 0.5) is 0 Å². The van der Waals surface area contributed by atoms with Crippen molar-refractivity contribution in [3.05, 3.63) is 0 Å². The number of carbonyl (C=O) groups excluding carboxylic acids is 4. The lowest BCUT2D eigenvalue weighted by Gasteiger charge is -2.60. The molecule has 1 heterocycles. The van der Waals surface area contributed by atoms with Crippen molar-refractivity contribution in [3.8, 4) is 0 Å². The lowest BCUT2D eigenvalue weighted by Crippen LogP contribution is -2.60. The van der Waals surface area contributed by atoms with Gasteiger partial charge >= 0.3 is 23.9 Å². The van der Waals surface area contributed by atoms with E-state index in [1.165, 1.54) is 38.5 Å². The third-order valence-corrected chi connectivity index (χ3v) is 17.1. The van der Waals surface area contributed by atoms with Crippen LogP contribution in [0, 0.1) is 63.6 Å². The van der Waals surface area contributed by atoms with Crippen LogP contribution in [0.2, 0.25) is 0 Å². The van der Waals surface area contributed by atoms with Crippen LogP contribution in [0.5, 0.6) is 0 Å². The SMILES string of the molecule is CCC(C)(CCC(C)(CCC(C)(C)C(=O)OCCCCC1(O)C2CC3CC(C2)CC1C3)C(=O)OC1CCOC1=O)C(=O)OC1(CC)C2CC3CC(C2)CC1C3. The van der Waals surface area contributed by atoms with Crippen LogP contribution < -0.4 is 0 Å². The summed E-state index contributed by atoms with van der Waals surface area (Å²) in [6.45, 7) is 12.3. The van der Waals surface area contributed by atoms with Crippen LogP contribution in [-0.2, 0) is 38.1 Å². The largest absolute Gasteiger partial charge is 0.465 e. The molecule has 9 heteroatoms.